The predicted molar refractivity (Wildman–Crippen MR) is 108 cm³/mol. The van der Waals surface area contributed by atoms with E-state index in [0.29, 0.717) is 12.2 Å². The van der Waals surface area contributed by atoms with Crippen LogP contribution in [0.25, 0.3) is 0 Å². The summed E-state index contributed by atoms with van der Waals surface area (Å²) in [6.45, 7) is 2.43. The molecule has 0 atom stereocenters. The average Bonchev–Trinajstić information content (AvgIpc) is 2.90. The number of hydrogen-bond donors (Lipinski definition) is 3. The summed E-state index contributed by atoms with van der Waals surface area (Å²) in [6, 6.07) is 13.2. The van der Waals surface area contributed by atoms with E-state index in [1.165, 1.54) is 24.3 Å². The number of primary sulfonamides is 1. The molecule has 3 rings (SSSR count). The maximum absolute atomic E-state index is 12.5. The molecule has 0 aromatic heterocycles. The van der Waals surface area contributed by atoms with Gasteiger partial charge in [0.15, 0.2) is 10.8 Å². The smallest absolute Gasteiger partial charge is 0.279 e. The Morgan fingerprint density at radius 2 is 1.85 bits per heavy atom. The van der Waals surface area contributed by atoms with Crippen molar-refractivity contribution in [1.82, 2.24) is 5.43 Å². The second-order valence-electron chi connectivity index (χ2n) is 5.66. The SMILES string of the molecule is CCN1C(=O)/C(=N\NC(=S)Nc2ccc(S(N)(=O)=O)cc2)c2ccccc21. The molecule has 0 radical (unpaired) electrons. The standard InChI is InChI=1S/C17H17N5O3S2/c1-2-22-14-6-4-3-5-13(14)15(16(22)23)20-21-17(26)19-11-7-9-12(10-8-11)27(18,24)25/h3-10H,2H2,1H3,(H2,18,24,25)(H2,19,21,26)/b20-15-. The summed E-state index contributed by atoms with van der Waals surface area (Å²) in [5.74, 6) is -0.202. The Kier molecular flexibility index (Phi) is 5.22. The predicted octanol–water partition coefficient (Wildman–Crippen LogP) is 1.39. The number of anilines is 2. The molecule has 0 aliphatic carbocycles. The topological polar surface area (TPSA) is 117 Å². The van der Waals surface area contributed by atoms with E-state index in [1.807, 2.05) is 31.2 Å². The van der Waals surface area contributed by atoms with E-state index >= 15 is 0 Å². The van der Waals surface area contributed by atoms with Crippen molar-refractivity contribution >= 4 is 50.3 Å². The van der Waals surface area contributed by atoms with Gasteiger partial charge in [0.1, 0.15) is 0 Å². The molecule has 0 bridgehead atoms. The van der Waals surface area contributed by atoms with Crippen LogP contribution in [-0.2, 0) is 14.8 Å². The Labute approximate surface area is 162 Å². The minimum Gasteiger partial charge on any atom is -0.331 e. The fourth-order valence-corrected chi connectivity index (χ4v) is 3.36. The van der Waals surface area contributed by atoms with Gasteiger partial charge in [0.05, 0.1) is 10.6 Å². The number of carbonyl (C=O) groups excluding carboxylic acids is 1. The van der Waals surface area contributed by atoms with Crippen LogP contribution in [0.5, 0.6) is 0 Å². The van der Waals surface area contributed by atoms with Crippen molar-refractivity contribution in [1.29, 1.82) is 0 Å². The molecule has 0 saturated heterocycles. The van der Waals surface area contributed by atoms with Crippen LogP contribution >= 0.6 is 12.2 Å². The highest BCUT2D eigenvalue weighted by atomic mass is 32.2. The van der Waals surface area contributed by atoms with E-state index < -0.39 is 10.0 Å². The van der Waals surface area contributed by atoms with Crippen molar-refractivity contribution in [2.75, 3.05) is 16.8 Å². The zero-order valence-corrected chi connectivity index (χ0v) is 16.0. The number of rotatable bonds is 4. The van der Waals surface area contributed by atoms with E-state index in [1.54, 1.807) is 4.90 Å². The summed E-state index contributed by atoms with van der Waals surface area (Å²) in [7, 11) is -3.75. The van der Waals surface area contributed by atoms with E-state index in [0.717, 1.165) is 11.3 Å². The lowest BCUT2D eigenvalue weighted by Crippen LogP contribution is -2.32. The minimum absolute atomic E-state index is 0.0000121. The van der Waals surface area contributed by atoms with Crippen molar-refractivity contribution in [3.8, 4) is 0 Å². The molecular weight excluding hydrogens is 386 g/mol. The quantitative estimate of drug-likeness (QED) is 0.525. The Balaban J connectivity index is 1.73. The number of carbonyl (C=O) groups is 1. The molecular formula is C17H17N5O3S2. The molecule has 0 fully saturated rings. The Bertz CT molecular complexity index is 1030. The van der Waals surface area contributed by atoms with Crippen LogP contribution in [0.15, 0.2) is 58.5 Å². The summed E-state index contributed by atoms with van der Waals surface area (Å²) >= 11 is 5.17. The first-order valence-electron chi connectivity index (χ1n) is 8.00. The number of para-hydroxylation sites is 1. The molecule has 10 heteroatoms. The van der Waals surface area contributed by atoms with E-state index in [-0.39, 0.29) is 21.6 Å². The number of hydrogen-bond acceptors (Lipinski definition) is 5. The Morgan fingerprint density at radius 1 is 1.19 bits per heavy atom. The van der Waals surface area contributed by atoms with Gasteiger partial charge in [0.2, 0.25) is 10.0 Å². The largest absolute Gasteiger partial charge is 0.331 e. The van der Waals surface area contributed by atoms with Gasteiger partial charge < -0.3 is 10.2 Å². The number of nitrogens with one attached hydrogen (secondary N) is 2. The van der Waals surface area contributed by atoms with Crippen molar-refractivity contribution in [2.24, 2.45) is 10.2 Å². The molecule has 8 nitrogen and oxygen atoms in total. The first kappa shape index (κ1) is 19.0. The molecule has 2 aromatic rings. The van der Waals surface area contributed by atoms with Crippen molar-refractivity contribution in [3.05, 3.63) is 54.1 Å². The molecule has 0 spiro atoms. The van der Waals surface area contributed by atoms with Gasteiger partial charge in [-0.3, -0.25) is 10.2 Å². The van der Waals surface area contributed by atoms with Crippen LogP contribution in [-0.4, -0.2) is 31.7 Å². The van der Waals surface area contributed by atoms with Gasteiger partial charge in [-0.25, -0.2) is 13.6 Å². The van der Waals surface area contributed by atoms with E-state index in [9.17, 15) is 13.2 Å². The van der Waals surface area contributed by atoms with Gasteiger partial charge in [-0.15, -0.1) is 0 Å². The van der Waals surface area contributed by atoms with Crippen LogP contribution in [0.3, 0.4) is 0 Å². The lowest BCUT2D eigenvalue weighted by Gasteiger charge is -2.13. The molecule has 2 aromatic carbocycles. The first-order valence-corrected chi connectivity index (χ1v) is 9.95. The number of fused-ring (bicyclic) bond motifs is 1. The molecule has 1 heterocycles. The van der Waals surface area contributed by atoms with Crippen LogP contribution in [0.2, 0.25) is 0 Å². The third kappa shape index (κ3) is 3.97. The number of benzene rings is 2. The van der Waals surface area contributed by atoms with Gasteiger partial charge in [0, 0.05) is 17.8 Å². The monoisotopic (exact) mass is 403 g/mol. The second-order valence-corrected chi connectivity index (χ2v) is 7.63. The molecule has 1 amide bonds. The van der Waals surface area contributed by atoms with Crippen LogP contribution < -0.4 is 20.8 Å². The van der Waals surface area contributed by atoms with Gasteiger partial charge in [0.25, 0.3) is 5.91 Å². The van der Waals surface area contributed by atoms with Crippen LogP contribution in [0.1, 0.15) is 12.5 Å². The number of nitrogens with zero attached hydrogens (tertiary/aromatic N) is 2. The summed E-state index contributed by atoms with van der Waals surface area (Å²) in [4.78, 5) is 14.2. The van der Waals surface area contributed by atoms with Crippen molar-refractivity contribution < 1.29 is 13.2 Å². The van der Waals surface area contributed by atoms with E-state index in [2.05, 4.69) is 15.8 Å². The minimum atomic E-state index is -3.75. The first-order chi connectivity index (χ1) is 12.8. The summed E-state index contributed by atoms with van der Waals surface area (Å²) in [5, 5.41) is 12.2. The second kappa shape index (κ2) is 7.43. The van der Waals surface area contributed by atoms with E-state index in [4.69, 9.17) is 17.4 Å². The molecule has 27 heavy (non-hydrogen) atoms. The normalized spacial score (nSPS) is 15.0. The molecule has 4 N–H and O–H groups in total. The van der Waals surface area contributed by atoms with Gasteiger partial charge in [-0.1, -0.05) is 18.2 Å². The van der Waals surface area contributed by atoms with Crippen molar-refractivity contribution in [2.45, 2.75) is 11.8 Å². The summed E-state index contributed by atoms with van der Waals surface area (Å²) in [6.07, 6.45) is 0. The number of sulfonamides is 1. The van der Waals surface area contributed by atoms with Crippen molar-refractivity contribution in [3.63, 3.8) is 0 Å². The number of likely N-dealkylation sites (N-methyl/N-ethyl adjacent to an activating group) is 1. The number of nitrogens with two attached hydrogens (primary N) is 1. The molecule has 140 valence electrons. The summed E-state index contributed by atoms with van der Waals surface area (Å²) in [5.41, 5.74) is 5.02. The number of thiocarbonyl (C=S) groups is 1. The Hall–Kier alpha value is -2.82. The molecule has 1 aliphatic rings. The lowest BCUT2D eigenvalue weighted by molar-refractivity contribution is -0.112. The van der Waals surface area contributed by atoms with Crippen LogP contribution in [0.4, 0.5) is 11.4 Å². The zero-order chi connectivity index (χ0) is 19.6. The average molecular weight is 403 g/mol. The molecule has 0 unspecified atom stereocenters. The Morgan fingerprint density at radius 3 is 2.48 bits per heavy atom. The fraction of sp³-hybridized carbons (Fsp3) is 0.118. The van der Waals surface area contributed by atoms with Gasteiger partial charge in [-0.2, -0.15) is 5.10 Å². The highest BCUT2D eigenvalue weighted by Crippen LogP contribution is 2.28. The third-order valence-electron chi connectivity index (χ3n) is 3.92. The lowest BCUT2D eigenvalue weighted by atomic mass is 10.1. The fourth-order valence-electron chi connectivity index (χ4n) is 2.68. The molecule has 0 saturated carbocycles. The maximum atomic E-state index is 12.5. The third-order valence-corrected chi connectivity index (χ3v) is 5.05. The number of hydrazone groups is 1. The van der Waals surface area contributed by atoms with Gasteiger partial charge >= 0.3 is 0 Å². The van der Waals surface area contributed by atoms with Crippen LogP contribution in [0, 0.1) is 0 Å². The highest BCUT2D eigenvalue weighted by Gasteiger charge is 2.32. The summed E-state index contributed by atoms with van der Waals surface area (Å²) < 4.78 is 22.5. The highest BCUT2D eigenvalue weighted by molar-refractivity contribution is 7.89. The zero-order valence-electron chi connectivity index (χ0n) is 14.3. The molecule has 1 aliphatic heterocycles. The maximum Gasteiger partial charge on any atom is 0.279 e. The number of amides is 1. The van der Waals surface area contributed by atoms with Gasteiger partial charge in [-0.05, 0) is 49.5 Å².